The number of carbonyl (C=O) groups excluding carboxylic acids is 1. The molecule has 0 aliphatic rings. The summed E-state index contributed by atoms with van der Waals surface area (Å²) in [5.74, 6) is 0.309. The van der Waals surface area contributed by atoms with Gasteiger partial charge in [0.2, 0.25) is 0 Å². The van der Waals surface area contributed by atoms with Gasteiger partial charge in [-0.1, -0.05) is 43.3 Å². The largest absolute Gasteiger partial charge is 0.484 e. The van der Waals surface area contributed by atoms with Crippen molar-refractivity contribution in [1.82, 2.24) is 5.32 Å². The highest BCUT2D eigenvalue weighted by Crippen LogP contribution is 2.28. The van der Waals surface area contributed by atoms with E-state index in [9.17, 15) is 13.6 Å². The van der Waals surface area contributed by atoms with Crippen molar-refractivity contribution in [1.29, 1.82) is 0 Å². The molecule has 2 aromatic carbocycles. The second-order valence-corrected chi connectivity index (χ2v) is 5.05. The molecular formula is C18H19F2NO3. The Kier molecular flexibility index (Phi) is 6.54. The standard InChI is InChI=1S/C18H19F2NO3/c1-2-15(14-10-6-7-11-16(14)24-18(19)20)21-17(22)12-23-13-8-4-3-5-9-13/h3-11,15,18H,2,12H2,1H3,(H,21,22)/t15-/m1/s1. The highest BCUT2D eigenvalue weighted by Gasteiger charge is 2.18. The van der Waals surface area contributed by atoms with Gasteiger partial charge >= 0.3 is 6.61 Å². The highest BCUT2D eigenvalue weighted by molar-refractivity contribution is 5.78. The zero-order valence-corrected chi connectivity index (χ0v) is 13.2. The van der Waals surface area contributed by atoms with E-state index in [0.29, 0.717) is 17.7 Å². The molecule has 2 aromatic rings. The number of nitrogens with one attached hydrogen (secondary N) is 1. The fraction of sp³-hybridized carbons (Fsp3) is 0.278. The zero-order chi connectivity index (χ0) is 17.4. The minimum atomic E-state index is -2.92. The lowest BCUT2D eigenvalue weighted by Crippen LogP contribution is -2.32. The van der Waals surface area contributed by atoms with Crippen molar-refractivity contribution in [3.8, 4) is 11.5 Å². The Morgan fingerprint density at radius 3 is 2.42 bits per heavy atom. The van der Waals surface area contributed by atoms with Crippen LogP contribution >= 0.6 is 0 Å². The first kappa shape index (κ1) is 17.7. The Balaban J connectivity index is 2.00. The molecule has 0 heterocycles. The molecule has 0 fully saturated rings. The molecule has 0 spiro atoms. The van der Waals surface area contributed by atoms with Crippen LogP contribution in [0.5, 0.6) is 11.5 Å². The molecule has 0 aromatic heterocycles. The van der Waals surface area contributed by atoms with Crippen molar-refractivity contribution in [2.45, 2.75) is 26.0 Å². The van der Waals surface area contributed by atoms with Crippen LogP contribution in [0.4, 0.5) is 8.78 Å². The molecule has 2 rings (SSSR count). The first-order valence-electron chi connectivity index (χ1n) is 7.61. The first-order valence-corrected chi connectivity index (χ1v) is 7.61. The van der Waals surface area contributed by atoms with Crippen LogP contribution in [0.1, 0.15) is 24.9 Å². The molecule has 4 nitrogen and oxygen atoms in total. The summed E-state index contributed by atoms with van der Waals surface area (Å²) in [7, 11) is 0. The SMILES string of the molecule is CC[C@@H](NC(=O)COc1ccccc1)c1ccccc1OC(F)F. The molecule has 0 aliphatic carbocycles. The molecule has 6 heteroatoms. The van der Waals surface area contributed by atoms with Crippen molar-refractivity contribution < 1.29 is 23.0 Å². The van der Waals surface area contributed by atoms with Crippen LogP contribution in [0.2, 0.25) is 0 Å². The molecule has 0 unspecified atom stereocenters. The van der Waals surface area contributed by atoms with Gasteiger partial charge < -0.3 is 14.8 Å². The van der Waals surface area contributed by atoms with E-state index < -0.39 is 12.7 Å². The molecule has 128 valence electrons. The van der Waals surface area contributed by atoms with Crippen molar-refractivity contribution in [3.63, 3.8) is 0 Å². The average molecular weight is 335 g/mol. The van der Waals surface area contributed by atoms with Gasteiger partial charge in [0.15, 0.2) is 6.61 Å². The molecule has 1 N–H and O–H groups in total. The fourth-order valence-corrected chi connectivity index (χ4v) is 2.27. The number of carbonyl (C=O) groups is 1. The van der Waals surface area contributed by atoms with Gasteiger partial charge in [-0.3, -0.25) is 4.79 Å². The third kappa shape index (κ3) is 5.22. The first-order chi connectivity index (χ1) is 11.6. The lowest BCUT2D eigenvalue weighted by atomic mass is 10.0. The van der Waals surface area contributed by atoms with Crippen LogP contribution in [-0.2, 0) is 4.79 Å². The molecule has 0 saturated carbocycles. The molecule has 1 amide bonds. The Labute approximate surface area is 139 Å². The summed E-state index contributed by atoms with van der Waals surface area (Å²) in [6, 6.07) is 14.9. The van der Waals surface area contributed by atoms with E-state index in [-0.39, 0.29) is 18.3 Å². The monoisotopic (exact) mass is 335 g/mol. The summed E-state index contributed by atoms with van der Waals surface area (Å²) < 4.78 is 34.9. The summed E-state index contributed by atoms with van der Waals surface area (Å²) in [5.41, 5.74) is 0.508. The summed E-state index contributed by atoms with van der Waals surface area (Å²) >= 11 is 0. The van der Waals surface area contributed by atoms with Crippen LogP contribution in [0, 0.1) is 0 Å². The number of para-hydroxylation sites is 2. The van der Waals surface area contributed by atoms with Crippen LogP contribution in [-0.4, -0.2) is 19.1 Å². The third-order valence-corrected chi connectivity index (χ3v) is 3.37. The molecular weight excluding hydrogens is 316 g/mol. The predicted octanol–water partition coefficient (Wildman–Crippen LogP) is 3.93. The van der Waals surface area contributed by atoms with E-state index in [1.165, 1.54) is 6.07 Å². The van der Waals surface area contributed by atoms with E-state index in [1.807, 2.05) is 13.0 Å². The second-order valence-electron chi connectivity index (χ2n) is 5.05. The summed E-state index contributed by atoms with van der Waals surface area (Å²) in [4.78, 5) is 12.1. The van der Waals surface area contributed by atoms with Crippen LogP contribution in [0.3, 0.4) is 0 Å². The molecule has 0 saturated heterocycles. The maximum atomic E-state index is 12.5. The topological polar surface area (TPSA) is 47.6 Å². The Morgan fingerprint density at radius 1 is 1.08 bits per heavy atom. The van der Waals surface area contributed by atoms with Crippen molar-refractivity contribution in [3.05, 3.63) is 60.2 Å². The van der Waals surface area contributed by atoms with Gasteiger partial charge in [0.05, 0.1) is 6.04 Å². The lowest BCUT2D eigenvalue weighted by molar-refractivity contribution is -0.123. The van der Waals surface area contributed by atoms with E-state index in [0.717, 1.165) is 0 Å². The van der Waals surface area contributed by atoms with E-state index in [1.54, 1.807) is 42.5 Å². The minimum Gasteiger partial charge on any atom is -0.484 e. The molecule has 0 radical (unpaired) electrons. The smallest absolute Gasteiger partial charge is 0.387 e. The second kappa shape index (κ2) is 8.86. The number of hydrogen-bond donors (Lipinski definition) is 1. The van der Waals surface area contributed by atoms with E-state index in [4.69, 9.17) is 4.74 Å². The van der Waals surface area contributed by atoms with Crippen LogP contribution < -0.4 is 14.8 Å². The summed E-state index contributed by atoms with van der Waals surface area (Å²) in [5, 5.41) is 2.78. The van der Waals surface area contributed by atoms with E-state index >= 15 is 0 Å². The summed E-state index contributed by atoms with van der Waals surface area (Å²) in [6.45, 7) is -1.22. The number of amides is 1. The molecule has 24 heavy (non-hydrogen) atoms. The molecule has 0 aliphatic heterocycles. The Bertz CT molecular complexity index is 650. The molecule has 1 atom stereocenters. The van der Waals surface area contributed by atoms with Crippen LogP contribution in [0.15, 0.2) is 54.6 Å². The Morgan fingerprint density at radius 2 is 1.75 bits per heavy atom. The fourth-order valence-electron chi connectivity index (χ4n) is 2.27. The lowest BCUT2D eigenvalue weighted by Gasteiger charge is -2.20. The van der Waals surface area contributed by atoms with Crippen molar-refractivity contribution in [2.24, 2.45) is 0 Å². The van der Waals surface area contributed by atoms with Crippen LogP contribution in [0.25, 0.3) is 0 Å². The van der Waals surface area contributed by atoms with Crippen molar-refractivity contribution in [2.75, 3.05) is 6.61 Å². The van der Waals surface area contributed by atoms with Gasteiger partial charge in [0.1, 0.15) is 11.5 Å². The normalized spacial score (nSPS) is 11.8. The average Bonchev–Trinajstić information content (AvgIpc) is 2.59. The minimum absolute atomic E-state index is 0.0589. The predicted molar refractivity (Wildman–Crippen MR) is 86.2 cm³/mol. The van der Waals surface area contributed by atoms with Gasteiger partial charge in [-0.05, 0) is 24.6 Å². The quantitative estimate of drug-likeness (QED) is 0.795. The number of hydrogen-bond acceptors (Lipinski definition) is 3. The van der Waals surface area contributed by atoms with Gasteiger partial charge in [0.25, 0.3) is 5.91 Å². The zero-order valence-electron chi connectivity index (χ0n) is 13.2. The Hall–Kier alpha value is -2.63. The number of ether oxygens (including phenoxy) is 2. The van der Waals surface area contributed by atoms with Gasteiger partial charge in [-0.2, -0.15) is 8.78 Å². The number of benzene rings is 2. The van der Waals surface area contributed by atoms with Gasteiger partial charge in [-0.15, -0.1) is 0 Å². The maximum absolute atomic E-state index is 12.5. The van der Waals surface area contributed by atoms with Gasteiger partial charge in [-0.25, -0.2) is 0 Å². The van der Waals surface area contributed by atoms with Gasteiger partial charge in [0, 0.05) is 5.56 Å². The highest BCUT2D eigenvalue weighted by atomic mass is 19.3. The van der Waals surface area contributed by atoms with E-state index in [2.05, 4.69) is 10.1 Å². The molecule has 0 bridgehead atoms. The number of halogens is 2. The maximum Gasteiger partial charge on any atom is 0.387 e. The number of rotatable bonds is 8. The third-order valence-electron chi connectivity index (χ3n) is 3.37. The van der Waals surface area contributed by atoms with Crippen molar-refractivity contribution >= 4 is 5.91 Å². The number of alkyl halides is 2. The summed E-state index contributed by atoms with van der Waals surface area (Å²) in [6.07, 6.45) is 0.528.